The SMILES string of the molecule is O=C(NCc1ccncc1)c1cnc(NCCCc2ccccc2)nc1. The van der Waals surface area contributed by atoms with E-state index in [2.05, 4.69) is 37.7 Å². The Balaban J connectivity index is 1.42. The van der Waals surface area contributed by atoms with Gasteiger partial charge in [0, 0.05) is 37.9 Å². The normalized spacial score (nSPS) is 10.3. The van der Waals surface area contributed by atoms with Crippen LogP contribution in [-0.4, -0.2) is 27.4 Å². The second kappa shape index (κ2) is 9.27. The fraction of sp³-hybridized carbons (Fsp3) is 0.200. The van der Waals surface area contributed by atoms with Gasteiger partial charge in [-0.1, -0.05) is 30.3 Å². The number of pyridine rings is 1. The van der Waals surface area contributed by atoms with Crippen molar-refractivity contribution in [1.29, 1.82) is 0 Å². The highest BCUT2D eigenvalue weighted by Crippen LogP contribution is 2.05. The maximum absolute atomic E-state index is 12.1. The van der Waals surface area contributed by atoms with Gasteiger partial charge in [0.05, 0.1) is 5.56 Å². The number of carbonyl (C=O) groups is 1. The third-order valence-electron chi connectivity index (χ3n) is 3.88. The van der Waals surface area contributed by atoms with Crippen molar-refractivity contribution in [3.05, 3.63) is 83.9 Å². The molecule has 0 spiro atoms. The number of carbonyl (C=O) groups excluding carboxylic acids is 1. The first-order valence-electron chi connectivity index (χ1n) is 8.58. The minimum atomic E-state index is -0.197. The largest absolute Gasteiger partial charge is 0.354 e. The monoisotopic (exact) mass is 347 g/mol. The summed E-state index contributed by atoms with van der Waals surface area (Å²) in [5.41, 5.74) is 2.75. The Kier molecular flexibility index (Phi) is 6.25. The molecule has 6 heteroatoms. The van der Waals surface area contributed by atoms with Crippen LogP contribution in [0, 0.1) is 0 Å². The summed E-state index contributed by atoms with van der Waals surface area (Å²) in [5.74, 6) is 0.334. The van der Waals surface area contributed by atoms with E-state index in [4.69, 9.17) is 0 Å². The molecule has 6 nitrogen and oxygen atoms in total. The summed E-state index contributed by atoms with van der Waals surface area (Å²) in [7, 11) is 0. The van der Waals surface area contributed by atoms with Crippen molar-refractivity contribution >= 4 is 11.9 Å². The molecule has 0 radical (unpaired) electrons. The van der Waals surface area contributed by atoms with E-state index < -0.39 is 0 Å². The van der Waals surface area contributed by atoms with E-state index in [0.29, 0.717) is 18.1 Å². The summed E-state index contributed by atoms with van der Waals surface area (Å²) in [4.78, 5) is 24.5. The van der Waals surface area contributed by atoms with Crippen LogP contribution in [0.15, 0.2) is 67.3 Å². The van der Waals surface area contributed by atoms with Crippen LogP contribution in [0.3, 0.4) is 0 Å². The third kappa shape index (κ3) is 5.37. The molecule has 0 saturated heterocycles. The standard InChI is InChI=1S/C20H21N5O/c26-19(23-13-17-8-11-21-12-9-17)18-14-24-20(25-15-18)22-10-4-7-16-5-2-1-3-6-16/h1-3,5-6,8-9,11-12,14-15H,4,7,10,13H2,(H,23,26)(H,22,24,25). The van der Waals surface area contributed by atoms with Crippen molar-refractivity contribution in [2.24, 2.45) is 0 Å². The summed E-state index contributed by atoms with van der Waals surface area (Å²) in [6.45, 7) is 1.23. The van der Waals surface area contributed by atoms with E-state index in [-0.39, 0.29) is 5.91 Å². The summed E-state index contributed by atoms with van der Waals surface area (Å²) >= 11 is 0. The molecule has 0 aliphatic rings. The summed E-state index contributed by atoms with van der Waals surface area (Å²) < 4.78 is 0. The Morgan fingerprint density at radius 3 is 2.38 bits per heavy atom. The van der Waals surface area contributed by atoms with Crippen molar-refractivity contribution in [2.75, 3.05) is 11.9 Å². The van der Waals surface area contributed by atoms with Gasteiger partial charge in [0.2, 0.25) is 5.95 Å². The molecule has 1 amide bonds. The number of hydrogen-bond donors (Lipinski definition) is 2. The van der Waals surface area contributed by atoms with Gasteiger partial charge in [0.15, 0.2) is 0 Å². The van der Waals surface area contributed by atoms with Gasteiger partial charge in [-0.15, -0.1) is 0 Å². The lowest BCUT2D eigenvalue weighted by Crippen LogP contribution is -2.23. The lowest BCUT2D eigenvalue weighted by Gasteiger charge is -2.07. The number of aryl methyl sites for hydroxylation is 1. The van der Waals surface area contributed by atoms with Gasteiger partial charge in [-0.2, -0.15) is 0 Å². The molecule has 3 aromatic rings. The summed E-state index contributed by atoms with van der Waals surface area (Å²) in [6.07, 6.45) is 8.46. The van der Waals surface area contributed by atoms with Crippen molar-refractivity contribution in [2.45, 2.75) is 19.4 Å². The molecular formula is C20H21N5O. The number of nitrogens with one attached hydrogen (secondary N) is 2. The van der Waals surface area contributed by atoms with Crippen molar-refractivity contribution in [3.8, 4) is 0 Å². The van der Waals surface area contributed by atoms with Gasteiger partial charge in [0.25, 0.3) is 5.91 Å². The summed E-state index contributed by atoms with van der Waals surface area (Å²) in [6, 6.07) is 14.1. The van der Waals surface area contributed by atoms with E-state index in [1.165, 1.54) is 18.0 Å². The second-order valence-electron chi connectivity index (χ2n) is 5.85. The molecule has 2 aromatic heterocycles. The molecule has 3 rings (SSSR count). The van der Waals surface area contributed by atoms with Gasteiger partial charge in [-0.3, -0.25) is 9.78 Å². The predicted octanol–water partition coefficient (Wildman–Crippen LogP) is 2.85. The maximum atomic E-state index is 12.1. The maximum Gasteiger partial charge on any atom is 0.254 e. The third-order valence-corrected chi connectivity index (χ3v) is 3.88. The zero-order valence-electron chi connectivity index (χ0n) is 14.4. The number of rotatable bonds is 8. The van der Waals surface area contributed by atoms with Crippen molar-refractivity contribution in [3.63, 3.8) is 0 Å². The number of amides is 1. The molecule has 26 heavy (non-hydrogen) atoms. The minimum Gasteiger partial charge on any atom is -0.354 e. The molecule has 0 fully saturated rings. The molecule has 2 heterocycles. The smallest absolute Gasteiger partial charge is 0.254 e. The van der Waals surface area contributed by atoms with Crippen LogP contribution in [0.5, 0.6) is 0 Å². The zero-order valence-corrected chi connectivity index (χ0v) is 14.4. The zero-order chi connectivity index (χ0) is 18.0. The van der Waals surface area contributed by atoms with Crippen molar-refractivity contribution < 1.29 is 4.79 Å². The molecule has 0 bridgehead atoms. The molecule has 0 unspecified atom stereocenters. The van der Waals surface area contributed by atoms with Crippen LogP contribution < -0.4 is 10.6 Å². The Bertz CT molecular complexity index is 807. The molecule has 0 aliphatic carbocycles. The number of benzene rings is 1. The first-order valence-corrected chi connectivity index (χ1v) is 8.58. The molecule has 132 valence electrons. The Hall–Kier alpha value is -3.28. The van der Waals surface area contributed by atoms with E-state index >= 15 is 0 Å². The quantitative estimate of drug-likeness (QED) is 0.613. The Morgan fingerprint density at radius 1 is 0.923 bits per heavy atom. The van der Waals surface area contributed by atoms with Crippen LogP contribution in [-0.2, 0) is 13.0 Å². The highest BCUT2D eigenvalue weighted by Gasteiger charge is 2.07. The second-order valence-corrected chi connectivity index (χ2v) is 5.85. The highest BCUT2D eigenvalue weighted by molar-refractivity contribution is 5.93. The number of hydrogen-bond acceptors (Lipinski definition) is 5. The first kappa shape index (κ1) is 17.5. The van der Waals surface area contributed by atoms with E-state index in [1.807, 2.05) is 30.3 Å². The molecule has 1 aromatic carbocycles. The van der Waals surface area contributed by atoms with Gasteiger partial charge < -0.3 is 10.6 Å². The van der Waals surface area contributed by atoms with Crippen LogP contribution in [0.1, 0.15) is 27.9 Å². The molecular weight excluding hydrogens is 326 g/mol. The summed E-state index contributed by atoms with van der Waals surface area (Å²) in [5, 5.41) is 6.02. The van der Waals surface area contributed by atoms with E-state index in [9.17, 15) is 4.79 Å². The van der Waals surface area contributed by atoms with Crippen LogP contribution in [0.2, 0.25) is 0 Å². The lowest BCUT2D eigenvalue weighted by atomic mass is 10.1. The minimum absolute atomic E-state index is 0.197. The molecule has 0 atom stereocenters. The lowest BCUT2D eigenvalue weighted by molar-refractivity contribution is 0.0950. The molecule has 0 saturated carbocycles. The van der Waals surface area contributed by atoms with Crippen molar-refractivity contribution in [1.82, 2.24) is 20.3 Å². The topological polar surface area (TPSA) is 79.8 Å². The molecule has 0 aliphatic heterocycles. The van der Waals surface area contributed by atoms with Gasteiger partial charge in [-0.25, -0.2) is 9.97 Å². The Labute approximate surface area is 152 Å². The first-order chi connectivity index (χ1) is 12.8. The van der Waals surface area contributed by atoms with E-state index in [0.717, 1.165) is 24.9 Å². The highest BCUT2D eigenvalue weighted by atomic mass is 16.1. The fourth-order valence-corrected chi connectivity index (χ4v) is 2.46. The Morgan fingerprint density at radius 2 is 1.65 bits per heavy atom. The van der Waals surface area contributed by atoms with Crippen LogP contribution >= 0.6 is 0 Å². The average molecular weight is 347 g/mol. The van der Waals surface area contributed by atoms with Gasteiger partial charge in [-0.05, 0) is 36.1 Å². The fourth-order valence-electron chi connectivity index (χ4n) is 2.46. The van der Waals surface area contributed by atoms with Gasteiger partial charge in [0.1, 0.15) is 0 Å². The average Bonchev–Trinajstić information content (AvgIpc) is 2.71. The number of anilines is 1. The van der Waals surface area contributed by atoms with Crippen LogP contribution in [0.25, 0.3) is 0 Å². The predicted molar refractivity (Wildman–Crippen MR) is 101 cm³/mol. The number of aromatic nitrogens is 3. The molecule has 2 N–H and O–H groups in total. The number of nitrogens with zero attached hydrogens (tertiary/aromatic N) is 3. The van der Waals surface area contributed by atoms with E-state index in [1.54, 1.807) is 12.4 Å². The van der Waals surface area contributed by atoms with Gasteiger partial charge >= 0.3 is 0 Å². The van der Waals surface area contributed by atoms with Crippen LogP contribution in [0.4, 0.5) is 5.95 Å².